The van der Waals surface area contributed by atoms with Crippen molar-refractivity contribution in [2.75, 3.05) is 6.61 Å². The first-order chi connectivity index (χ1) is 14.4. The lowest BCUT2D eigenvalue weighted by molar-refractivity contribution is -0.598. The zero-order valence-electron chi connectivity index (χ0n) is 16.2. The molecule has 0 aliphatic carbocycles. The maximum Gasteiger partial charge on any atom is 0.527 e. The molecule has 0 heterocycles. The van der Waals surface area contributed by atoms with Crippen LogP contribution in [0.5, 0.6) is 0 Å². The SMILES string of the molecule is C=C(CCCCC(C)F)OCC(F)(F)OC(F)(OC(F)(OC(F)(F)F)C(F)(F)F)C(F)(F)F. The third-order valence-corrected chi connectivity index (χ3v) is 3.22. The first-order valence-corrected chi connectivity index (χ1v) is 8.44. The van der Waals surface area contributed by atoms with E-state index in [-0.39, 0.29) is 25.7 Å². The van der Waals surface area contributed by atoms with Gasteiger partial charge in [-0.3, -0.25) is 0 Å². The van der Waals surface area contributed by atoms with Gasteiger partial charge in [0.25, 0.3) is 0 Å². The molecule has 0 rings (SSSR count). The van der Waals surface area contributed by atoms with E-state index < -0.39 is 55.4 Å². The molecule has 0 aliphatic rings. The Kier molecular flexibility index (Phi) is 10.3. The molecular formula is C15H16F14O4. The van der Waals surface area contributed by atoms with Gasteiger partial charge in [-0.15, -0.1) is 13.2 Å². The predicted octanol–water partition coefficient (Wildman–Crippen LogP) is 6.97. The van der Waals surface area contributed by atoms with E-state index in [4.69, 9.17) is 0 Å². The average Bonchev–Trinajstić information content (AvgIpc) is 2.52. The highest BCUT2D eigenvalue weighted by atomic mass is 19.4. The lowest BCUT2D eigenvalue weighted by Gasteiger charge is -2.36. The van der Waals surface area contributed by atoms with E-state index in [1.807, 2.05) is 4.74 Å². The number of ether oxygens (including phenoxy) is 4. The maximum atomic E-state index is 13.9. The van der Waals surface area contributed by atoms with Gasteiger partial charge in [0.2, 0.25) is 0 Å². The second kappa shape index (κ2) is 10.8. The van der Waals surface area contributed by atoms with Crippen LogP contribution in [0.25, 0.3) is 0 Å². The summed E-state index contributed by atoms with van der Waals surface area (Å²) in [5.41, 5.74) is 0. The average molecular weight is 526 g/mol. The van der Waals surface area contributed by atoms with E-state index in [1.54, 1.807) is 4.74 Å². The number of allylic oxidation sites excluding steroid dienone is 1. The minimum Gasteiger partial charge on any atom is -0.489 e. The summed E-state index contributed by atoms with van der Waals surface area (Å²) in [7, 11) is 0. The van der Waals surface area contributed by atoms with Crippen LogP contribution in [0.1, 0.15) is 32.6 Å². The van der Waals surface area contributed by atoms with Crippen molar-refractivity contribution in [1.82, 2.24) is 0 Å². The molecule has 0 fully saturated rings. The molecule has 0 aromatic heterocycles. The highest BCUT2D eigenvalue weighted by molar-refractivity contribution is 4.83. The minimum atomic E-state index is -7.17. The molecule has 4 nitrogen and oxygen atoms in total. The van der Waals surface area contributed by atoms with Gasteiger partial charge < -0.3 is 4.74 Å². The van der Waals surface area contributed by atoms with Gasteiger partial charge in [-0.05, 0) is 19.8 Å². The fraction of sp³-hybridized carbons (Fsp3) is 0.867. The molecule has 0 amide bonds. The van der Waals surface area contributed by atoms with E-state index in [1.165, 1.54) is 6.92 Å². The van der Waals surface area contributed by atoms with Crippen LogP contribution < -0.4 is 0 Å². The largest absolute Gasteiger partial charge is 0.527 e. The topological polar surface area (TPSA) is 36.9 Å². The summed E-state index contributed by atoms with van der Waals surface area (Å²) in [6.45, 7) is 1.89. The molecule has 0 N–H and O–H groups in total. The lowest BCUT2D eigenvalue weighted by Crippen LogP contribution is -2.60. The Morgan fingerprint density at radius 2 is 1.18 bits per heavy atom. The third-order valence-electron chi connectivity index (χ3n) is 3.22. The number of hydrogen-bond acceptors (Lipinski definition) is 4. The summed E-state index contributed by atoms with van der Waals surface area (Å²) in [4.78, 5) is 0. The second-order valence-electron chi connectivity index (χ2n) is 6.31. The Bertz CT molecular complexity index is 630. The molecule has 3 unspecified atom stereocenters. The molecule has 0 bridgehead atoms. The van der Waals surface area contributed by atoms with E-state index >= 15 is 0 Å². The van der Waals surface area contributed by atoms with Crippen molar-refractivity contribution < 1.29 is 80.4 Å². The molecule has 198 valence electrons. The number of rotatable bonds is 13. The molecule has 0 saturated carbocycles. The Hall–Kier alpha value is -1.56. The fourth-order valence-electron chi connectivity index (χ4n) is 1.82. The van der Waals surface area contributed by atoms with Gasteiger partial charge in [0.05, 0.1) is 11.9 Å². The molecule has 0 spiro atoms. The van der Waals surface area contributed by atoms with Gasteiger partial charge >= 0.3 is 36.9 Å². The van der Waals surface area contributed by atoms with Crippen molar-refractivity contribution in [2.45, 2.75) is 75.7 Å². The van der Waals surface area contributed by atoms with Crippen LogP contribution in [0.4, 0.5) is 61.5 Å². The highest BCUT2D eigenvalue weighted by Gasteiger charge is 2.75. The highest BCUT2D eigenvalue weighted by Crippen LogP contribution is 2.49. The molecular weight excluding hydrogens is 510 g/mol. The standard InChI is InChI=1S/C15H16F14O4/c1-8(16)5-3-4-6-9(2)30-7-10(17,18)31-13(25,11(19,20)21)32-14(26,12(22,23)24)33-15(27,28)29/h8H,2-7H2,1H3. The summed E-state index contributed by atoms with van der Waals surface area (Å²) >= 11 is 0. The van der Waals surface area contributed by atoms with Crippen molar-refractivity contribution in [1.29, 1.82) is 0 Å². The second-order valence-corrected chi connectivity index (χ2v) is 6.31. The zero-order valence-corrected chi connectivity index (χ0v) is 16.2. The van der Waals surface area contributed by atoms with Gasteiger partial charge in [0, 0.05) is 6.42 Å². The Morgan fingerprint density at radius 1 is 0.727 bits per heavy atom. The third kappa shape index (κ3) is 10.9. The smallest absolute Gasteiger partial charge is 0.489 e. The monoisotopic (exact) mass is 526 g/mol. The van der Waals surface area contributed by atoms with Gasteiger partial charge in [-0.2, -0.15) is 43.9 Å². The van der Waals surface area contributed by atoms with Crippen LogP contribution in [0.2, 0.25) is 0 Å². The van der Waals surface area contributed by atoms with Gasteiger partial charge in [-0.25, -0.2) is 18.6 Å². The molecule has 3 atom stereocenters. The van der Waals surface area contributed by atoms with E-state index in [9.17, 15) is 61.5 Å². The Labute approximate surface area is 176 Å². The van der Waals surface area contributed by atoms with Crippen molar-refractivity contribution in [3.05, 3.63) is 12.3 Å². The first kappa shape index (κ1) is 31.4. The summed E-state index contributed by atoms with van der Waals surface area (Å²) in [6, 6.07) is -13.8. The van der Waals surface area contributed by atoms with Crippen LogP contribution >= 0.6 is 0 Å². The normalized spacial score (nSPS) is 18.4. The molecule has 0 aromatic rings. The van der Waals surface area contributed by atoms with Crippen molar-refractivity contribution in [2.24, 2.45) is 0 Å². The van der Waals surface area contributed by atoms with Gasteiger partial charge in [0.15, 0.2) is 6.61 Å². The molecule has 0 saturated heterocycles. The summed E-state index contributed by atoms with van der Waals surface area (Å²) in [5, 5.41) is 0. The Morgan fingerprint density at radius 3 is 1.58 bits per heavy atom. The summed E-state index contributed by atoms with van der Waals surface area (Å²) in [5.74, 6) is -0.585. The molecule has 33 heavy (non-hydrogen) atoms. The molecule has 0 aromatic carbocycles. The lowest BCUT2D eigenvalue weighted by atomic mass is 10.1. The predicted molar refractivity (Wildman–Crippen MR) is 78.2 cm³/mol. The summed E-state index contributed by atoms with van der Waals surface area (Å²) < 4.78 is 189. The molecule has 18 heteroatoms. The Balaban J connectivity index is 5.49. The van der Waals surface area contributed by atoms with Crippen molar-refractivity contribution in [3.63, 3.8) is 0 Å². The molecule has 0 radical (unpaired) electrons. The maximum absolute atomic E-state index is 13.9. The number of alkyl halides is 14. The first-order valence-electron chi connectivity index (χ1n) is 8.44. The van der Waals surface area contributed by atoms with Crippen LogP contribution in [0, 0.1) is 0 Å². The summed E-state index contributed by atoms with van der Waals surface area (Å²) in [6.07, 6.45) is -27.7. The number of hydrogen-bond donors (Lipinski definition) is 0. The van der Waals surface area contributed by atoms with E-state index in [0.717, 1.165) is 0 Å². The quantitative estimate of drug-likeness (QED) is 0.113. The van der Waals surface area contributed by atoms with Crippen LogP contribution in [-0.2, 0) is 18.9 Å². The van der Waals surface area contributed by atoms with Crippen molar-refractivity contribution in [3.8, 4) is 0 Å². The van der Waals surface area contributed by atoms with Crippen LogP contribution in [-0.4, -0.2) is 49.7 Å². The van der Waals surface area contributed by atoms with E-state index in [2.05, 4.69) is 16.1 Å². The van der Waals surface area contributed by atoms with Crippen LogP contribution in [0.3, 0.4) is 0 Å². The molecule has 0 aliphatic heterocycles. The van der Waals surface area contributed by atoms with Crippen molar-refractivity contribution >= 4 is 0 Å². The number of unbranched alkanes of at least 4 members (excludes halogenated alkanes) is 1. The zero-order chi connectivity index (χ0) is 26.5. The van der Waals surface area contributed by atoms with Gasteiger partial charge in [-0.1, -0.05) is 13.0 Å². The number of halogens is 14. The van der Waals surface area contributed by atoms with Crippen LogP contribution in [0.15, 0.2) is 12.3 Å². The fourth-order valence-corrected chi connectivity index (χ4v) is 1.82. The van der Waals surface area contributed by atoms with E-state index in [0.29, 0.717) is 0 Å². The minimum absolute atomic E-state index is 0.0457. The van der Waals surface area contributed by atoms with Gasteiger partial charge in [0.1, 0.15) is 0 Å².